The predicted molar refractivity (Wildman–Crippen MR) is 103 cm³/mol. The Balaban J connectivity index is 1.73. The smallest absolute Gasteiger partial charge is 0.191 e. The topological polar surface area (TPSA) is 48.9 Å². The normalized spacial score (nSPS) is 17.8. The van der Waals surface area contributed by atoms with E-state index in [1.807, 2.05) is 24.9 Å². The van der Waals surface area contributed by atoms with Gasteiger partial charge in [0.05, 0.1) is 0 Å². The zero-order valence-corrected chi connectivity index (χ0v) is 15.9. The van der Waals surface area contributed by atoms with Gasteiger partial charge in [-0.25, -0.2) is 0 Å². The average molecular weight is 351 g/mol. The van der Waals surface area contributed by atoms with E-state index in [1.165, 1.54) is 4.90 Å². The van der Waals surface area contributed by atoms with Crippen LogP contribution in [-0.2, 0) is 4.74 Å². The second-order valence-electron chi connectivity index (χ2n) is 6.25. The first-order chi connectivity index (χ1) is 11.7. The van der Waals surface area contributed by atoms with E-state index < -0.39 is 0 Å². The van der Waals surface area contributed by atoms with Crippen molar-refractivity contribution in [3.8, 4) is 0 Å². The van der Waals surface area contributed by atoms with Crippen LogP contribution in [0.1, 0.15) is 12.8 Å². The van der Waals surface area contributed by atoms with Crippen LogP contribution in [0.3, 0.4) is 0 Å². The van der Waals surface area contributed by atoms with Crippen LogP contribution in [0, 0.1) is 0 Å². The Morgan fingerprint density at radius 3 is 2.54 bits per heavy atom. The molecule has 1 aliphatic heterocycles. The molecular formula is C18H30N4OS. The number of ether oxygens (including phenoxy) is 1. The lowest BCUT2D eigenvalue weighted by molar-refractivity contribution is -0.00500. The van der Waals surface area contributed by atoms with Crippen molar-refractivity contribution in [2.45, 2.75) is 23.3 Å². The molecular weight excluding hydrogens is 320 g/mol. The molecule has 2 N–H and O–H groups in total. The summed E-state index contributed by atoms with van der Waals surface area (Å²) in [7, 11) is 6.13. The number of likely N-dealkylation sites (N-methyl/N-ethyl adjacent to an activating group) is 1. The van der Waals surface area contributed by atoms with Gasteiger partial charge in [0, 0.05) is 49.5 Å². The SMILES string of the molecule is CN=C(NCCSc1ccccc1)NCC1(N(C)C)CCOCC1. The summed E-state index contributed by atoms with van der Waals surface area (Å²) in [6.45, 7) is 3.44. The molecule has 1 fully saturated rings. The Bertz CT molecular complexity index is 501. The molecule has 1 heterocycles. The third kappa shape index (κ3) is 5.69. The van der Waals surface area contributed by atoms with Crippen molar-refractivity contribution >= 4 is 17.7 Å². The minimum absolute atomic E-state index is 0.147. The van der Waals surface area contributed by atoms with Crippen molar-refractivity contribution in [2.75, 3.05) is 53.2 Å². The average Bonchev–Trinajstić information content (AvgIpc) is 2.62. The van der Waals surface area contributed by atoms with Crippen molar-refractivity contribution in [3.05, 3.63) is 30.3 Å². The van der Waals surface area contributed by atoms with Gasteiger partial charge in [0.15, 0.2) is 5.96 Å². The molecule has 0 aromatic heterocycles. The first kappa shape index (κ1) is 19.1. The molecule has 5 nitrogen and oxygen atoms in total. The summed E-state index contributed by atoms with van der Waals surface area (Å²) in [6.07, 6.45) is 2.10. The maximum atomic E-state index is 5.53. The van der Waals surface area contributed by atoms with E-state index in [4.69, 9.17) is 4.74 Å². The molecule has 1 saturated heterocycles. The van der Waals surface area contributed by atoms with Gasteiger partial charge in [-0.05, 0) is 39.1 Å². The van der Waals surface area contributed by atoms with Crippen molar-refractivity contribution < 1.29 is 4.74 Å². The van der Waals surface area contributed by atoms with Crippen LogP contribution in [0.15, 0.2) is 40.2 Å². The second kappa shape index (κ2) is 9.91. The highest BCUT2D eigenvalue weighted by atomic mass is 32.2. The van der Waals surface area contributed by atoms with Crippen LogP contribution in [0.4, 0.5) is 0 Å². The molecule has 1 aromatic carbocycles. The van der Waals surface area contributed by atoms with Crippen molar-refractivity contribution in [1.82, 2.24) is 15.5 Å². The first-order valence-electron chi connectivity index (χ1n) is 8.54. The van der Waals surface area contributed by atoms with E-state index in [0.29, 0.717) is 0 Å². The van der Waals surface area contributed by atoms with Crippen LogP contribution in [0.5, 0.6) is 0 Å². The number of guanidine groups is 1. The van der Waals surface area contributed by atoms with Gasteiger partial charge in [0.25, 0.3) is 0 Å². The lowest BCUT2D eigenvalue weighted by Crippen LogP contribution is -2.57. The minimum Gasteiger partial charge on any atom is -0.381 e. The quantitative estimate of drug-likeness (QED) is 0.341. The molecule has 0 radical (unpaired) electrons. The molecule has 0 saturated carbocycles. The van der Waals surface area contributed by atoms with E-state index in [9.17, 15) is 0 Å². The number of thioether (sulfide) groups is 1. The number of nitrogens with zero attached hydrogens (tertiary/aromatic N) is 2. The lowest BCUT2D eigenvalue weighted by Gasteiger charge is -2.43. The lowest BCUT2D eigenvalue weighted by atomic mass is 9.88. The zero-order valence-electron chi connectivity index (χ0n) is 15.0. The van der Waals surface area contributed by atoms with Gasteiger partial charge in [0.1, 0.15) is 0 Å². The molecule has 0 atom stereocenters. The van der Waals surface area contributed by atoms with Crippen molar-refractivity contribution in [3.63, 3.8) is 0 Å². The summed E-state index contributed by atoms with van der Waals surface area (Å²) in [5.74, 6) is 1.88. The third-order valence-electron chi connectivity index (χ3n) is 4.59. The Kier molecular flexibility index (Phi) is 7.88. The maximum Gasteiger partial charge on any atom is 0.191 e. The molecule has 134 valence electrons. The van der Waals surface area contributed by atoms with E-state index in [2.05, 4.69) is 58.9 Å². The Labute approximate surface area is 150 Å². The minimum atomic E-state index is 0.147. The van der Waals surface area contributed by atoms with E-state index in [-0.39, 0.29) is 5.54 Å². The molecule has 1 aromatic rings. The summed E-state index contributed by atoms with van der Waals surface area (Å²) in [5, 5.41) is 6.90. The highest BCUT2D eigenvalue weighted by Gasteiger charge is 2.34. The molecule has 0 amide bonds. The van der Waals surface area contributed by atoms with Gasteiger partial charge in [-0.15, -0.1) is 11.8 Å². The molecule has 2 rings (SSSR count). The molecule has 1 aliphatic rings. The zero-order chi connectivity index (χ0) is 17.3. The Morgan fingerprint density at radius 2 is 1.92 bits per heavy atom. The molecule has 0 unspecified atom stereocenters. The Hall–Kier alpha value is -1.24. The largest absolute Gasteiger partial charge is 0.381 e. The predicted octanol–water partition coefficient (Wildman–Crippen LogP) is 2.05. The van der Waals surface area contributed by atoms with Gasteiger partial charge < -0.3 is 20.3 Å². The standard InChI is InChI=1S/C18H30N4OS/c1-19-17(20-11-14-24-16-7-5-4-6-8-16)21-15-18(22(2)3)9-12-23-13-10-18/h4-8H,9-15H2,1-3H3,(H2,19,20,21). The molecule has 24 heavy (non-hydrogen) atoms. The highest BCUT2D eigenvalue weighted by molar-refractivity contribution is 7.99. The second-order valence-corrected chi connectivity index (χ2v) is 7.41. The van der Waals surface area contributed by atoms with Gasteiger partial charge in [-0.2, -0.15) is 0 Å². The molecule has 6 heteroatoms. The fourth-order valence-electron chi connectivity index (χ4n) is 2.86. The summed E-state index contributed by atoms with van der Waals surface area (Å²) in [5.41, 5.74) is 0.147. The highest BCUT2D eigenvalue weighted by Crippen LogP contribution is 2.25. The van der Waals surface area contributed by atoms with Gasteiger partial charge in [0.2, 0.25) is 0 Å². The number of hydrogen-bond donors (Lipinski definition) is 2. The number of aliphatic imine (C=N–C) groups is 1. The molecule has 0 aliphatic carbocycles. The van der Waals surface area contributed by atoms with Crippen LogP contribution in [0.2, 0.25) is 0 Å². The van der Waals surface area contributed by atoms with Crippen molar-refractivity contribution in [2.24, 2.45) is 4.99 Å². The fourth-order valence-corrected chi connectivity index (χ4v) is 3.65. The van der Waals surface area contributed by atoms with Gasteiger partial charge in [-0.1, -0.05) is 18.2 Å². The number of benzene rings is 1. The van der Waals surface area contributed by atoms with Crippen LogP contribution >= 0.6 is 11.8 Å². The number of rotatable bonds is 7. The van der Waals surface area contributed by atoms with E-state index in [0.717, 1.165) is 50.9 Å². The molecule has 0 bridgehead atoms. The fraction of sp³-hybridized carbons (Fsp3) is 0.611. The van der Waals surface area contributed by atoms with Crippen molar-refractivity contribution in [1.29, 1.82) is 0 Å². The van der Waals surface area contributed by atoms with E-state index >= 15 is 0 Å². The number of nitrogens with one attached hydrogen (secondary N) is 2. The summed E-state index contributed by atoms with van der Waals surface area (Å²) in [6, 6.07) is 10.5. The summed E-state index contributed by atoms with van der Waals surface area (Å²) >= 11 is 1.85. The summed E-state index contributed by atoms with van der Waals surface area (Å²) in [4.78, 5) is 7.97. The Morgan fingerprint density at radius 1 is 1.21 bits per heavy atom. The van der Waals surface area contributed by atoms with Crippen LogP contribution in [-0.4, -0.2) is 69.6 Å². The van der Waals surface area contributed by atoms with E-state index in [1.54, 1.807) is 0 Å². The molecule has 0 spiro atoms. The van der Waals surface area contributed by atoms with Gasteiger partial charge in [-0.3, -0.25) is 4.99 Å². The number of hydrogen-bond acceptors (Lipinski definition) is 4. The summed E-state index contributed by atoms with van der Waals surface area (Å²) < 4.78 is 5.53. The maximum absolute atomic E-state index is 5.53. The van der Waals surface area contributed by atoms with Crippen LogP contribution < -0.4 is 10.6 Å². The third-order valence-corrected chi connectivity index (χ3v) is 5.60. The van der Waals surface area contributed by atoms with Crippen LogP contribution in [0.25, 0.3) is 0 Å². The van der Waals surface area contributed by atoms with Gasteiger partial charge >= 0.3 is 0 Å². The first-order valence-corrected chi connectivity index (χ1v) is 9.52. The monoisotopic (exact) mass is 350 g/mol.